The molecule has 0 bridgehead atoms. The molecule has 1 amide bonds. The summed E-state index contributed by atoms with van der Waals surface area (Å²) < 4.78 is 40.0. The first-order valence-electron chi connectivity index (χ1n) is 9.14. The lowest BCUT2D eigenvalue weighted by Crippen LogP contribution is -2.38. The van der Waals surface area contributed by atoms with Gasteiger partial charge in [-0.05, 0) is 43.5 Å². The summed E-state index contributed by atoms with van der Waals surface area (Å²) in [5.41, 5.74) is 1.86. The summed E-state index contributed by atoms with van der Waals surface area (Å²) in [4.78, 5) is 14.7. The van der Waals surface area contributed by atoms with E-state index >= 15 is 0 Å². The lowest BCUT2D eigenvalue weighted by molar-refractivity contribution is -0.114. The molecule has 1 saturated heterocycles. The number of carbonyl (C=O) groups is 1. The van der Waals surface area contributed by atoms with Crippen LogP contribution in [0.1, 0.15) is 18.4 Å². The van der Waals surface area contributed by atoms with Gasteiger partial charge in [-0.15, -0.1) is 0 Å². The third-order valence-electron chi connectivity index (χ3n) is 4.77. The van der Waals surface area contributed by atoms with Crippen LogP contribution in [-0.2, 0) is 14.8 Å². The number of hydrogen-bond acceptors (Lipinski definition) is 4. The molecule has 28 heavy (non-hydrogen) atoms. The maximum Gasteiger partial charge on any atom is 0.245 e. The Morgan fingerprint density at radius 1 is 1.14 bits per heavy atom. The van der Waals surface area contributed by atoms with Gasteiger partial charge in [0.05, 0.1) is 17.6 Å². The second-order valence-electron chi connectivity index (χ2n) is 6.93. The fourth-order valence-corrected chi connectivity index (χ4v) is 4.31. The third-order valence-corrected chi connectivity index (χ3v) is 5.90. The van der Waals surface area contributed by atoms with Crippen LogP contribution in [0.5, 0.6) is 0 Å². The zero-order valence-corrected chi connectivity index (χ0v) is 16.8. The Kier molecular flexibility index (Phi) is 5.88. The van der Waals surface area contributed by atoms with Gasteiger partial charge in [0.15, 0.2) is 0 Å². The molecule has 0 saturated carbocycles. The quantitative estimate of drug-likeness (QED) is 0.802. The zero-order valence-electron chi connectivity index (χ0n) is 16.0. The SMILES string of the molecule is Cc1ccccc1N(CC(=O)Nc1c(F)cccc1N1CCCC1)S(C)(=O)=O. The molecule has 0 unspecified atom stereocenters. The number of nitrogens with zero attached hydrogens (tertiary/aromatic N) is 2. The summed E-state index contributed by atoms with van der Waals surface area (Å²) in [7, 11) is -3.70. The van der Waals surface area contributed by atoms with Crippen LogP contribution < -0.4 is 14.5 Å². The van der Waals surface area contributed by atoms with Crippen LogP contribution in [0, 0.1) is 12.7 Å². The molecule has 8 heteroatoms. The highest BCUT2D eigenvalue weighted by atomic mass is 32.2. The van der Waals surface area contributed by atoms with Gasteiger partial charge >= 0.3 is 0 Å². The van der Waals surface area contributed by atoms with Crippen LogP contribution in [-0.4, -0.2) is 40.2 Å². The number of nitrogens with one attached hydrogen (secondary N) is 1. The normalized spacial score (nSPS) is 14.2. The Morgan fingerprint density at radius 3 is 2.46 bits per heavy atom. The van der Waals surface area contributed by atoms with Gasteiger partial charge < -0.3 is 10.2 Å². The molecule has 2 aromatic carbocycles. The minimum absolute atomic E-state index is 0.0904. The van der Waals surface area contributed by atoms with Crippen molar-refractivity contribution in [3.8, 4) is 0 Å². The summed E-state index contributed by atoms with van der Waals surface area (Å²) in [5, 5.41) is 2.59. The molecule has 0 radical (unpaired) electrons. The van der Waals surface area contributed by atoms with Crippen molar-refractivity contribution >= 4 is 33.0 Å². The number of para-hydroxylation sites is 2. The predicted molar refractivity (Wildman–Crippen MR) is 110 cm³/mol. The summed E-state index contributed by atoms with van der Waals surface area (Å²) in [6, 6.07) is 11.6. The van der Waals surface area contributed by atoms with Gasteiger partial charge in [-0.3, -0.25) is 9.10 Å². The molecular weight excluding hydrogens is 381 g/mol. The van der Waals surface area contributed by atoms with Gasteiger partial charge in [0.25, 0.3) is 0 Å². The van der Waals surface area contributed by atoms with Crippen LogP contribution in [0.3, 0.4) is 0 Å². The molecule has 150 valence electrons. The number of halogens is 1. The highest BCUT2D eigenvalue weighted by Crippen LogP contribution is 2.31. The molecule has 1 aliphatic rings. The van der Waals surface area contributed by atoms with E-state index in [4.69, 9.17) is 0 Å². The van der Waals surface area contributed by atoms with Crippen LogP contribution >= 0.6 is 0 Å². The van der Waals surface area contributed by atoms with Crippen LogP contribution in [0.25, 0.3) is 0 Å². The number of anilines is 3. The summed E-state index contributed by atoms with van der Waals surface area (Å²) in [6.07, 6.45) is 3.07. The van der Waals surface area contributed by atoms with Crippen LogP contribution in [0.4, 0.5) is 21.5 Å². The van der Waals surface area contributed by atoms with Crippen LogP contribution in [0.2, 0.25) is 0 Å². The smallest absolute Gasteiger partial charge is 0.245 e. The minimum atomic E-state index is -3.70. The number of amides is 1. The first-order valence-corrected chi connectivity index (χ1v) is 11.0. The van der Waals surface area contributed by atoms with Crippen molar-refractivity contribution in [3.05, 3.63) is 53.8 Å². The number of benzene rings is 2. The van der Waals surface area contributed by atoms with E-state index < -0.39 is 28.3 Å². The van der Waals surface area contributed by atoms with E-state index in [0.717, 1.165) is 42.1 Å². The maximum absolute atomic E-state index is 14.4. The first kappa shape index (κ1) is 20.1. The topological polar surface area (TPSA) is 69.7 Å². The molecule has 1 heterocycles. The number of aryl methyl sites for hydroxylation is 1. The van der Waals surface area contributed by atoms with E-state index in [1.54, 1.807) is 43.3 Å². The summed E-state index contributed by atoms with van der Waals surface area (Å²) in [6.45, 7) is 2.93. The van der Waals surface area contributed by atoms with Crippen molar-refractivity contribution < 1.29 is 17.6 Å². The van der Waals surface area contributed by atoms with Gasteiger partial charge in [-0.1, -0.05) is 24.3 Å². The molecular formula is C20H24FN3O3S. The first-order chi connectivity index (χ1) is 13.3. The molecule has 0 spiro atoms. The second kappa shape index (κ2) is 8.18. The Morgan fingerprint density at radius 2 is 1.82 bits per heavy atom. The van der Waals surface area contributed by atoms with E-state index in [1.165, 1.54) is 6.07 Å². The van der Waals surface area contributed by atoms with E-state index in [1.807, 2.05) is 4.90 Å². The van der Waals surface area contributed by atoms with Gasteiger partial charge in [0.1, 0.15) is 18.0 Å². The van der Waals surface area contributed by atoms with Crippen molar-refractivity contribution in [3.63, 3.8) is 0 Å². The molecule has 6 nitrogen and oxygen atoms in total. The monoisotopic (exact) mass is 405 g/mol. The van der Waals surface area contributed by atoms with Crippen LogP contribution in [0.15, 0.2) is 42.5 Å². The second-order valence-corrected chi connectivity index (χ2v) is 8.84. The van der Waals surface area contributed by atoms with E-state index in [-0.39, 0.29) is 5.69 Å². The summed E-state index contributed by atoms with van der Waals surface area (Å²) in [5.74, 6) is -1.14. The maximum atomic E-state index is 14.4. The zero-order chi connectivity index (χ0) is 20.3. The van der Waals surface area contributed by atoms with Gasteiger partial charge in [0.2, 0.25) is 15.9 Å². The Labute approximate surface area is 165 Å². The summed E-state index contributed by atoms with van der Waals surface area (Å²) >= 11 is 0. The van der Waals surface area contributed by atoms with Crippen molar-refractivity contribution in [1.29, 1.82) is 0 Å². The highest BCUT2D eigenvalue weighted by molar-refractivity contribution is 7.92. The fourth-order valence-electron chi connectivity index (χ4n) is 3.39. The number of sulfonamides is 1. The van der Waals surface area contributed by atoms with Crippen molar-refractivity contribution in [2.24, 2.45) is 0 Å². The minimum Gasteiger partial charge on any atom is -0.370 e. The van der Waals surface area contributed by atoms with E-state index in [0.29, 0.717) is 11.4 Å². The Balaban J connectivity index is 1.86. The fraction of sp³-hybridized carbons (Fsp3) is 0.350. The average molecular weight is 405 g/mol. The van der Waals surface area contributed by atoms with E-state index in [2.05, 4.69) is 5.32 Å². The van der Waals surface area contributed by atoms with Crippen molar-refractivity contribution in [2.75, 3.05) is 40.4 Å². The highest BCUT2D eigenvalue weighted by Gasteiger charge is 2.24. The van der Waals surface area contributed by atoms with Crippen molar-refractivity contribution in [2.45, 2.75) is 19.8 Å². The standard InChI is InChI=1S/C20H24FN3O3S/c1-15-8-3-4-10-17(15)24(28(2,26)27)14-19(25)22-20-16(21)9-7-11-18(20)23-12-5-6-13-23/h3-4,7-11H,5-6,12-14H2,1-2H3,(H,22,25). The molecule has 1 N–H and O–H groups in total. The number of rotatable bonds is 6. The molecule has 1 fully saturated rings. The third kappa shape index (κ3) is 4.44. The molecule has 0 aliphatic carbocycles. The molecule has 1 aliphatic heterocycles. The largest absolute Gasteiger partial charge is 0.370 e. The van der Waals surface area contributed by atoms with Crippen molar-refractivity contribution in [1.82, 2.24) is 0 Å². The molecule has 2 aromatic rings. The van der Waals surface area contributed by atoms with Gasteiger partial charge in [0, 0.05) is 13.1 Å². The molecule has 0 aromatic heterocycles. The van der Waals surface area contributed by atoms with Gasteiger partial charge in [-0.2, -0.15) is 0 Å². The number of hydrogen-bond donors (Lipinski definition) is 1. The van der Waals surface area contributed by atoms with E-state index in [9.17, 15) is 17.6 Å². The molecule has 3 rings (SSSR count). The lowest BCUT2D eigenvalue weighted by Gasteiger charge is -2.25. The average Bonchev–Trinajstić information content (AvgIpc) is 3.16. The Bertz CT molecular complexity index is 972. The molecule has 0 atom stereocenters. The lowest BCUT2D eigenvalue weighted by atomic mass is 10.2. The predicted octanol–water partition coefficient (Wildman–Crippen LogP) is 3.14. The van der Waals surface area contributed by atoms with Gasteiger partial charge in [-0.25, -0.2) is 12.8 Å². The Hall–Kier alpha value is -2.61. The number of carbonyl (C=O) groups excluding carboxylic acids is 1.